The van der Waals surface area contributed by atoms with Crippen LogP contribution in [0.15, 0.2) is 6.07 Å². The smallest absolute Gasteiger partial charge is 0.223 e. The van der Waals surface area contributed by atoms with E-state index in [4.69, 9.17) is 10.5 Å². The molecule has 1 aromatic rings. The molecule has 6 nitrogen and oxygen atoms in total. The van der Waals surface area contributed by atoms with Gasteiger partial charge in [-0.3, -0.25) is 0 Å². The van der Waals surface area contributed by atoms with Crippen LogP contribution in [0.5, 0.6) is 0 Å². The zero-order valence-electron chi connectivity index (χ0n) is 11.7. The van der Waals surface area contributed by atoms with Crippen LogP contribution in [-0.4, -0.2) is 43.3 Å². The number of nitrogens with zero attached hydrogens (tertiary/aromatic N) is 3. The molecule has 0 amide bonds. The Morgan fingerprint density at radius 1 is 1.42 bits per heavy atom. The van der Waals surface area contributed by atoms with E-state index in [2.05, 4.69) is 20.2 Å². The van der Waals surface area contributed by atoms with Gasteiger partial charge in [-0.15, -0.1) is 0 Å². The molecule has 1 saturated heterocycles. The van der Waals surface area contributed by atoms with Gasteiger partial charge in [0.05, 0.1) is 0 Å². The van der Waals surface area contributed by atoms with Crippen LogP contribution >= 0.6 is 0 Å². The topological polar surface area (TPSA) is 76.3 Å². The SMILES string of the molecule is CCNc1cc(N2CCC(COC)CC2)nc(N)n1. The predicted molar refractivity (Wildman–Crippen MR) is 77.4 cm³/mol. The van der Waals surface area contributed by atoms with Gasteiger partial charge in [-0.2, -0.15) is 9.97 Å². The molecule has 0 aliphatic carbocycles. The maximum absolute atomic E-state index is 5.76. The lowest BCUT2D eigenvalue weighted by Crippen LogP contribution is -2.35. The monoisotopic (exact) mass is 265 g/mol. The summed E-state index contributed by atoms with van der Waals surface area (Å²) < 4.78 is 5.22. The Balaban J connectivity index is 2.02. The first-order chi connectivity index (χ1) is 9.22. The number of piperidine rings is 1. The van der Waals surface area contributed by atoms with E-state index in [-0.39, 0.29) is 0 Å². The van der Waals surface area contributed by atoms with Gasteiger partial charge in [0.2, 0.25) is 5.95 Å². The van der Waals surface area contributed by atoms with E-state index in [1.54, 1.807) is 7.11 Å². The highest BCUT2D eigenvalue weighted by Crippen LogP contribution is 2.24. The van der Waals surface area contributed by atoms with Crippen molar-refractivity contribution >= 4 is 17.6 Å². The highest BCUT2D eigenvalue weighted by Gasteiger charge is 2.20. The van der Waals surface area contributed by atoms with Crippen LogP contribution in [-0.2, 0) is 4.74 Å². The number of rotatable bonds is 5. The standard InChI is InChI=1S/C13H23N5O/c1-3-15-11-8-12(17-13(14)16-11)18-6-4-10(5-7-18)9-19-2/h8,10H,3-7,9H2,1-2H3,(H3,14,15,16,17). The Morgan fingerprint density at radius 2 is 2.16 bits per heavy atom. The summed E-state index contributed by atoms with van der Waals surface area (Å²) in [5.41, 5.74) is 5.76. The lowest BCUT2D eigenvalue weighted by Gasteiger charge is -2.32. The number of anilines is 3. The molecule has 1 aliphatic rings. The highest BCUT2D eigenvalue weighted by molar-refractivity contribution is 5.52. The van der Waals surface area contributed by atoms with Crippen molar-refractivity contribution in [3.8, 4) is 0 Å². The number of aromatic nitrogens is 2. The molecular formula is C13H23N5O. The van der Waals surface area contributed by atoms with E-state index in [0.29, 0.717) is 11.9 Å². The summed E-state index contributed by atoms with van der Waals surface area (Å²) >= 11 is 0. The maximum Gasteiger partial charge on any atom is 0.223 e. The summed E-state index contributed by atoms with van der Waals surface area (Å²) in [4.78, 5) is 10.8. The number of hydrogen-bond acceptors (Lipinski definition) is 6. The van der Waals surface area contributed by atoms with Crippen LogP contribution in [0.3, 0.4) is 0 Å². The third-order valence-corrected chi connectivity index (χ3v) is 3.43. The Bertz CT molecular complexity index is 404. The average molecular weight is 265 g/mol. The first-order valence-electron chi connectivity index (χ1n) is 6.85. The summed E-state index contributed by atoms with van der Waals surface area (Å²) in [6.07, 6.45) is 2.27. The minimum atomic E-state index is 0.326. The largest absolute Gasteiger partial charge is 0.384 e. The van der Waals surface area contributed by atoms with Gasteiger partial charge >= 0.3 is 0 Å². The number of ether oxygens (including phenoxy) is 1. The van der Waals surface area contributed by atoms with Crippen molar-refractivity contribution in [1.29, 1.82) is 0 Å². The number of nitrogens with one attached hydrogen (secondary N) is 1. The first kappa shape index (κ1) is 13.9. The number of nitrogen functional groups attached to an aromatic ring is 1. The summed E-state index contributed by atoms with van der Waals surface area (Å²) in [5, 5.41) is 3.18. The Labute approximate surface area is 114 Å². The van der Waals surface area contributed by atoms with Crippen LogP contribution in [0.25, 0.3) is 0 Å². The molecule has 1 aromatic heterocycles. The van der Waals surface area contributed by atoms with Gasteiger partial charge < -0.3 is 20.7 Å². The molecule has 0 spiro atoms. The first-order valence-corrected chi connectivity index (χ1v) is 6.85. The molecule has 0 aromatic carbocycles. The van der Waals surface area contributed by atoms with Crippen LogP contribution in [0.1, 0.15) is 19.8 Å². The fourth-order valence-corrected chi connectivity index (χ4v) is 2.45. The molecule has 0 radical (unpaired) electrons. The lowest BCUT2D eigenvalue weighted by molar-refractivity contribution is 0.139. The molecular weight excluding hydrogens is 242 g/mol. The van der Waals surface area contributed by atoms with Crippen molar-refractivity contribution in [2.24, 2.45) is 5.92 Å². The molecule has 1 fully saturated rings. The molecule has 0 unspecified atom stereocenters. The van der Waals surface area contributed by atoms with Gasteiger partial charge in [-0.25, -0.2) is 0 Å². The van der Waals surface area contributed by atoms with Crippen molar-refractivity contribution < 1.29 is 4.74 Å². The molecule has 106 valence electrons. The molecule has 2 heterocycles. The van der Waals surface area contributed by atoms with Crippen molar-refractivity contribution in [2.45, 2.75) is 19.8 Å². The van der Waals surface area contributed by atoms with Crippen LogP contribution in [0, 0.1) is 5.92 Å². The second-order valence-corrected chi connectivity index (χ2v) is 4.89. The number of hydrogen-bond donors (Lipinski definition) is 2. The Kier molecular flexibility index (Phi) is 4.79. The van der Waals surface area contributed by atoms with Crippen LogP contribution in [0.2, 0.25) is 0 Å². The Morgan fingerprint density at radius 3 is 2.79 bits per heavy atom. The van der Waals surface area contributed by atoms with Gasteiger partial charge in [0.15, 0.2) is 0 Å². The van der Waals surface area contributed by atoms with Gasteiger partial charge in [0.1, 0.15) is 11.6 Å². The molecule has 3 N–H and O–H groups in total. The normalized spacial score (nSPS) is 16.6. The average Bonchev–Trinajstić information content (AvgIpc) is 2.40. The fraction of sp³-hybridized carbons (Fsp3) is 0.692. The maximum atomic E-state index is 5.76. The van der Waals surface area contributed by atoms with Crippen molar-refractivity contribution in [2.75, 3.05) is 49.3 Å². The summed E-state index contributed by atoms with van der Waals surface area (Å²) in [6.45, 7) is 5.70. The summed E-state index contributed by atoms with van der Waals surface area (Å²) in [7, 11) is 1.76. The lowest BCUT2D eigenvalue weighted by atomic mass is 9.98. The van der Waals surface area contributed by atoms with E-state index in [9.17, 15) is 0 Å². The third kappa shape index (κ3) is 3.70. The van der Waals surface area contributed by atoms with Crippen molar-refractivity contribution in [3.05, 3.63) is 6.07 Å². The van der Waals surface area contributed by atoms with E-state index in [1.165, 1.54) is 0 Å². The molecule has 6 heteroatoms. The van der Waals surface area contributed by atoms with E-state index in [1.807, 2.05) is 13.0 Å². The fourth-order valence-electron chi connectivity index (χ4n) is 2.45. The quantitative estimate of drug-likeness (QED) is 0.837. The molecule has 0 atom stereocenters. The van der Waals surface area contributed by atoms with Gasteiger partial charge in [0.25, 0.3) is 0 Å². The van der Waals surface area contributed by atoms with Crippen LogP contribution in [0.4, 0.5) is 17.6 Å². The second-order valence-electron chi connectivity index (χ2n) is 4.89. The molecule has 0 saturated carbocycles. The van der Waals surface area contributed by atoms with E-state index >= 15 is 0 Å². The van der Waals surface area contributed by atoms with E-state index in [0.717, 1.165) is 50.7 Å². The molecule has 1 aliphatic heterocycles. The predicted octanol–water partition coefficient (Wildman–Crippen LogP) is 1.35. The molecule has 0 bridgehead atoms. The number of methoxy groups -OCH3 is 1. The van der Waals surface area contributed by atoms with Crippen molar-refractivity contribution in [1.82, 2.24) is 9.97 Å². The van der Waals surface area contributed by atoms with Crippen LogP contribution < -0.4 is 16.0 Å². The zero-order valence-corrected chi connectivity index (χ0v) is 11.7. The Hall–Kier alpha value is -1.56. The minimum Gasteiger partial charge on any atom is -0.384 e. The minimum absolute atomic E-state index is 0.326. The second kappa shape index (κ2) is 6.56. The van der Waals surface area contributed by atoms with Gasteiger partial charge in [-0.1, -0.05) is 0 Å². The summed E-state index contributed by atoms with van der Waals surface area (Å²) in [5.74, 6) is 2.70. The van der Waals surface area contributed by atoms with E-state index < -0.39 is 0 Å². The molecule has 19 heavy (non-hydrogen) atoms. The van der Waals surface area contributed by atoms with Crippen molar-refractivity contribution in [3.63, 3.8) is 0 Å². The number of nitrogens with two attached hydrogens (primary N) is 1. The van der Waals surface area contributed by atoms with Gasteiger partial charge in [-0.05, 0) is 25.7 Å². The third-order valence-electron chi connectivity index (χ3n) is 3.43. The zero-order chi connectivity index (χ0) is 13.7. The molecule has 2 rings (SSSR count). The summed E-state index contributed by atoms with van der Waals surface area (Å²) in [6, 6.07) is 1.97. The van der Waals surface area contributed by atoms with Gasteiger partial charge in [0, 0.05) is 39.4 Å². The highest BCUT2D eigenvalue weighted by atomic mass is 16.5.